The summed E-state index contributed by atoms with van der Waals surface area (Å²) >= 11 is 0. The van der Waals surface area contributed by atoms with Crippen LogP contribution >= 0.6 is 0 Å². The highest BCUT2D eigenvalue weighted by atomic mass is 16.5. The van der Waals surface area contributed by atoms with Gasteiger partial charge in [-0.15, -0.1) is 0 Å². The zero-order valence-electron chi connectivity index (χ0n) is 7.07. The van der Waals surface area contributed by atoms with E-state index < -0.39 is 11.7 Å². The van der Waals surface area contributed by atoms with Gasteiger partial charge < -0.3 is 14.6 Å². The Morgan fingerprint density at radius 3 is 2.64 bits per heavy atom. The molecule has 64 valence electrons. The van der Waals surface area contributed by atoms with Crippen molar-refractivity contribution in [1.29, 1.82) is 0 Å². The number of aliphatic hydroxyl groups is 1. The van der Waals surface area contributed by atoms with Crippen LogP contribution in [-0.2, 0) is 9.47 Å². The number of aliphatic hydroxyl groups excluding tert-OH is 1. The Hall–Kier alpha value is -0.540. The number of hydrogen-bond donors (Lipinski definition) is 1. The fourth-order valence-corrected chi connectivity index (χ4v) is 1.07. The van der Waals surface area contributed by atoms with Crippen LogP contribution in [0.15, 0.2) is 12.3 Å². The maximum atomic E-state index is 9.60. The average molecular weight is 158 g/mol. The Bertz CT molecular complexity index is 163. The number of hydrogen-bond acceptors (Lipinski definition) is 3. The lowest BCUT2D eigenvalue weighted by Crippen LogP contribution is -2.48. The second-order valence-corrected chi connectivity index (χ2v) is 3.19. The van der Waals surface area contributed by atoms with Crippen molar-refractivity contribution in [2.75, 3.05) is 7.11 Å². The maximum Gasteiger partial charge on any atom is 0.131 e. The van der Waals surface area contributed by atoms with Gasteiger partial charge in [-0.3, -0.25) is 0 Å². The van der Waals surface area contributed by atoms with Crippen LogP contribution in [0.5, 0.6) is 0 Å². The van der Waals surface area contributed by atoms with Crippen LogP contribution in [0.3, 0.4) is 0 Å². The second kappa shape index (κ2) is 2.83. The van der Waals surface area contributed by atoms with Gasteiger partial charge in [-0.25, -0.2) is 0 Å². The van der Waals surface area contributed by atoms with Crippen LogP contribution in [0.1, 0.15) is 13.8 Å². The van der Waals surface area contributed by atoms with Crippen molar-refractivity contribution in [3.8, 4) is 0 Å². The van der Waals surface area contributed by atoms with Gasteiger partial charge >= 0.3 is 0 Å². The molecule has 2 atom stereocenters. The molecular weight excluding hydrogens is 144 g/mol. The summed E-state index contributed by atoms with van der Waals surface area (Å²) in [6, 6.07) is 0. The first kappa shape index (κ1) is 8.56. The van der Waals surface area contributed by atoms with Gasteiger partial charge in [-0.1, -0.05) is 0 Å². The van der Waals surface area contributed by atoms with E-state index in [0.717, 1.165) is 0 Å². The molecular formula is C8H14O3. The molecule has 0 bridgehead atoms. The largest absolute Gasteiger partial charge is 0.493 e. The molecule has 0 saturated carbocycles. The lowest BCUT2D eigenvalue weighted by molar-refractivity contribution is -0.122. The molecule has 1 aliphatic heterocycles. The Labute approximate surface area is 66.6 Å². The molecule has 0 saturated heterocycles. The van der Waals surface area contributed by atoms with Crippen molar-refractivity contribution in [3.63, 3.8) is 0 Å². The van der Waals surface area contributed by atoms with E-state index in [2.05, 4.69) is 0 Å². The third-order valence-corrected chi connectivity index (χ3v) is 1.94. The van der Waals surface area contributed by atoms with E-state index in [1.807, 2.05) is 13.8 Å². The summed E-state index contributed by atoms with van der Waals surface area (Å²) in [6.45, 7) is 3.65. The van der Waals surface area contributed by atoms with Crippen molar-refractivity contribution >= 4 is 0 Å². The minimum absolute atomic E-state index is 0.251. The van der Waals surface area contributed by atoms with Crippen molar-refractivity contribution in [2.24, 2.45) is 0 Å². The minimum atomic E-state index is -0.600. The molecule has 3 nitrogen and oxygen atoms in total. The van der Waals surface area contributed by atoms with Crippen LogP contribution < -0.4 is 0 Å². The zero-order chi connectivity index (χ0) is 8.48. The highest BCUT2D eigenvalue weighted by Crippen LogP contribution is 2.24. The Balaban J connectivity index is 2.73. The fourth-order valence-electron chi connectivity index (χ4n) is 1.07. The standard InChI is InChI=1S/C8H14O3/c1-8(2)7(9)6(10-3)4-5-11-8/h4-7,9H,1-3H3. The first-order chi connectivity index (χ1) is 5.08. The molecule has 0 aliphatic carbocycles. The number of ether oxygens (including phenoxy) is 2. The Morgan fingerprint density at radius 1 is 1.55 bits per heavy atom. The summed E-state index contributed by atoms with van der Waals surface area (Å²) in [5, 5.41) is 9.60. The monoisotopic (exact) mass is 158 g/mol. The van der Waals surface area contributed by atoms with Crippen molar-refractivity contribution in [2.45, 2.75) is 31.7 Å². The van der Waals surface area contributed by atoms with Crippen molar-refractivity contribution in [3.05, 3.63) is 12.3 Å². The minimum Gasteiger partial charge on any atom is -0.493 e. The summed E-state index contributed by atoms with van der Waals surface area (Å²) in [6.07, 6.45) is 2.42. The van der Waals surface area contributed by atoms with E-state index in [4.69, 9.17) is 9.47 Å². The van der Waals surface area contributed by atoms with Gasteiger partial charge in [0, 0.05) is 7.11 Å². The predicted molar refractivity (Wildman–Crippen MR) is 41.1 cm³/mol. The summed E-state index contributed by atoms with van der Waals surface area (Å²) < 4.78 is 10.2. The molecule has 3 heteroatoms. The van der Waals surface area contributed by atoms with Gasteiger partial charge in [-0.2, -0.15) is 0 Å². The molecule has 0 aromatic rings. The fraction of sp³-hybridized carbons (Fsp3) is 0.750. The average Bonchev–Trinajstić information content (AvgIpc) is 1.95. The summed E-state index contributed by atoms with van der Waals surface area (Å²) in [4.78, 5) is 0. The Kier molecular flexibility index (Phi) is 2.20. The van der Waals surface area contributed by atoms with E-state index in [9.17, 15) is 5.11 Å². The molecule has 0 spiro atoms. The molecule has 2 unspecified atom stereocenters. The lowest BCUT2D eigenvalue weighted by Gasteiger charge is -2.36. The molecule has 0 radical (unpaired) electrons. The summed E-state index contributed by atoms with van der Waals surface area (Å²) in [5.41, 5.74) is -0.546. The normalized spacial score (nSPS) is 34.9. The second-order valence-electron chi connectivity index (χ2n) is 3.19. The molecule has 0 fully saturated rings. The zero-order valence-corrected chi connectivity index (χ0v) is 7.07. The van der Waals surface area contributed by atoms with Crippen molar-refractivity contribution < 1.29 is 14.6 Å². The van der Waals surface area contributed by atoms with E-state index >= 15 is 0 Å². The molecule has 0 aromatic carbocycles. The molecule has 0 amide bonds. The van der Waals surface area contributed by atoms with Gasteiger partial charge in [0.15, 0.2) is 0 Å². The smallest absolute Gasteiger partial charge is 0.131 e. The van der Waals surface area contributed by atoms with Crippen LogP contribution in [0.4, 0.5) is 0 Å². The molecule has 1 N–H and O–H groups in total. The van der Waals surface area contributed by atoms with Gasteiger partial charge in [0.05, 0.1) is 6.26 Å². The maximum absolute atomic E-state index is 9.60. The summed E-state index contributed by atoms with van der Waals surface area (Å²) in [7, 11) is 1.57. The SMILES string of the molecule is COC1C=COC(C)(C)C1O. The number of rotatable bonds is 1. The van der Waals surface area contributed by atoms with E-state index in [0.29, 0.717) is 0 Å². The van der Waals surface area contributed by atoms with Gasteiger partial charge in [-0.05, 0) is 19.9 Å². The molecule has 1 heterocycles. The van der Waals surface area contributed by atoms with Gasteiger partial charge in [0.2, 0.25) is 0 Å². The molecule has 1 aliphatic rings. The van der Waals surface area contributed by atoms with Crippen LogP contribution in [0, 0.1) is 0 Å². The van der Waals surface area contributed by atoms with Gasteiger partial charge in [0.1, 0.15) is 17.8 Å². The molecule has 1 rings (SSSR count). The first-order valence-corrected chi connectivity index (χ1v) is 3.63. The van der Waals surface area contributed by atoms with Crippen LogP contribution in [-0.4, -0.2) is 30.0 Å². The topological polar surface area (TPSA) is 38.7 Å². The van der Waals surface area contributed by atoms with Crippen molar-refractivity contribution in [1.82, 2.24) is 0 Å². The van der Waals surface area contributed by atoms with Crippen LogP contribution in [0.25, 0.3) is 0 Å². The van der Waals surface area contributed by atoms with Crippen LogP contribution in [0.2, 0.25) is 0 Å². The van der Waals surface area contributed by atoms with E-state index in [-0.39, 0.29) is 6.10 Å². The summed E-state index contributed by atoms with van der Waals surface area (Å²) in [5.74, 6) is 0. The lowest BCUT2D eigenvalue weighted by atomic mass is 9.95. The first-order valence-electron chi connectivity index (χ1n) is 3.63. The highest BCUT2D eigenvalue weighted by Gasteiger charge is 2.37. The Morgan fingerprint density at radius 2 is 2.18 bits per heavy atom. The number of methoxy groups -OCH3 is 1. The predicted octanol–water partition coefficient (Wildman–Crippen LogP) is 0.685. The van der Waals surface area contributed by atoms with E-state index in [1.54, 1.807) is 19.4 Å². The third-order valence-electron chi connectivity index (χ3n) is 1.94. The van der Waals surface area contributed by atoms with Gasteiger partial charge in [0.25, 0.3) is 0 Å². The molecule has 11 heavy (non-hydrogen) atoms. The molecule has 0 aromatic heterocycles. The van der Waals surface area contributed by atoms with E-state index in [1.165, 1.54) is 0 Å². The third kappa shape index (κ3) is 1.54. The highest BCUT2D eigenvalue weighted by molar-refractivity contribution is 5.01. The quantitative estimate of drug-likeness (QED) is 0.610.